The highest BCUT2D eigenvalue weighted by Gasteiger charge is 2.23. The Hall–Kier alpha value is -0.930. The van der Waals surface area contributed by atoms with Crippen LogP contribution in [0.1, 0.15) is 25.5 Å². The molecule has 0 radical (unpaired) electrons. The Balaban J connectivity index is 1.96. The average Bonchev–Trinajstić information content (AvgIpc) is 2.40. The van der Waals surface area contributed by atoms with Crippen molar-refractivity contribution in [3.05, 3.63) is 30.1 Å². The van der Waals surface area contributed by atoms with Crippen LogP contribution in [0.5, 0.6) is 0 Å². The average molecular weight is 234 g/mol. The molecule has 0 aromatic carbocycles. The van der Waals surface area contributed by atoms with Gasteiger partial charge in [-0.15, -0.1) is 0 Å². The molecule has 1 aliphatic rings. The fourth-order valence-electron chi connectivity index (χ4n) is 2.53. The maximum absolute atomic E-state index is 5.43. The van der Waals surface area contributed by atoms with Crippen LogP contribution in [-0.4, -0.2) is 30.8 Å². The molecule has 1 atom stereocenters. The second kappa shape index (κ2) is 6.72. The molecule has 0 bridgehead atoms. The van der Waals surface area contributed by atoms with E-state index in [-0.39, 0.29) is 0 Å². The molecule has 94 valence electrons. The number of likely N-dealkylation sites (N-methyl/N-ethyl adjacent to an activating group) is 1. The molecule has 2 heterocycles. The third-order valence-corrected chi connectivity index (χ3v) is 3.46. The van der Waals surface area contributed by atoms with E-state index in [9.17, 15) is 0 Å². The SMILES string of the molecule is CCNC(Cc1ccccn1)C1CCOCC1. The van der Waals surface area contributed by atoms with Crippen LogP contribution in [0, 0.1) is 5.92 Å². The van der Waals surface area contributed by atoms with Gasteiger partial charge in [-0.05, 0) is 37.4 Å². The summed E-state index contributed by atoms with van der Waals surface area (Å²) in [6, 6.07) is 6.69. The fourth-order valence-corrected chi connectivity index (χ4v) is 2.53. The zero-order valence-electron chi connectivity index (χ0n) is 10.6. The lowest BCUT2D eigenvalue weighted by atomic mass is 9.88. The number of hydrogen-bond acceptors (Lipinski definition) is 3. The topological polar surface area (TPSA) is 34.2 Å². The van der Waals surface area contributed by atoms with Gasteiger partial charge in [-0.25, -0.2) is 0 Å². The van der Waals surface area contributed by atoms with E-state index in [1.807, 2.05) is 12.3 Å². The minimum absolute atomic E-state index is 0.541. The van der Waals surface area contributed by atoms with Crippen LogP contribution >= 0.6 is 0 Å². The van der Waals surface area contributed by atoms with Crippen molar-refractivity contribution < 1.29 is 4.74 Å². The van der Waals surface area contributed by atoms with Crippen LogP contribution in [0.4, 0.5) is 0 Å². The minimum Gasteiger partial charge on any atom is -0.381 e. The molecule has 0 amide bonds. The molecule has 3 nitrogen and oxygen atoms in total. The molecule has 3 heteroatoms. The Kier molecular flexibility index (Phi) is 4.95. The summed E-state index contributed by atoms with van der Waals surface area (Å²) in [7, 11) is 0. The molecular weight excluding hydrogens is 212 g/mol. The Morgan fingerprint density at radius 2 is 2.24 bits per heavy atom. The molecule has 17 heavy (non-hydrogen) atoms. The fraction of sp³-hybridized carbons (Fsp3) is 0.643. The third kappa shape index (κ3) is 3.79. The van der Waals surface area contributed by atoms with Gasteiger partial charge in [-0.2, -0.15) is 0 Å². The van der Waals surface area contributed by atoms with Crippen molar-refractivity contribution in [1.29, 1.82) is 0 Å². The summed E-state index contributed by atoms with van der Waals surface area (Å²) in [5.74, 6) is 0.728. The van der Waals surface area contributed by atoms with Crippen LogP contribution in [0.15, 0.2) is 24.4 Å². The van der Waals surface area contributed by atoms with Crippen molar-refractivity contribution in [3.8, 4) is 0 Å². The van der Waals surface area contributed by atoms with Gasteiger partial charge >= 0.3 is 0 Å². The first-order valence-electron chi connectivity index (χ1n) is 6.61. The van der Waals surface area contributed by atoms with E-state index < -0.39 is 0 Å². The first-order valence-corrected chi connectivity index (χ1v) is 6.61. The molecule has 0 spiro atoms. The number of rotatable bonds is 5. The summed E-state index contributed by atoms with van der Waals surface area (Å²) in [6.07, 6.45) is 5.25. The van der Waals surface area contributed by atoms with E-state index in [1.165, 1.54) is 18.5 Å². The Labute approximate surface area is 104 Å². The lowest BCUT2D eigenvalue weighted by Crippen LogP contribution is -2.40. The lowest BCUT2D eigenvalue weighted by molar-refractivity contribution is 0.0538. The highest BCUT2D eigenvalue weighted by atomic mass is 16.5. The standard InChI is InChI=1S/C14H22N2O/c1-2-15-14(12-6-9-17-10-7-12)11-13-5-3-4-8-16-13/h3-5,8,12,14-15H,2,6-7,9-11H2,1H3. The number of aromatic nitrogens is 1. The van der Waals surface area contributed by atoms with Crippen LogP contribution < -0.4 is 5.32 Å². The smallest absolute Gasteiger partial charge is 0.0469 e. The molecule has 1 aromatic rings. The van der Waals surface area contributed by atoms with Gasteiger partial charge in [0.2, 0.25) is 0 Å². The normalized spacial score (nSPS) is 19.1. The summed E-state index contributed by atoms with van der Waals surface area (Å²) < 4.78 is 5.43. The molecular formula is C14H22N2O. The summed E-state index contributed by atoms with van der Waals surface area (Å²) in [6.45, 7) is 5.02. The summed E-state index contributed by atoms with van der Waals surface area (Å²) in [4.78, 5) is 4.42. The zero-order chi connectivity index (χ0) is 11.9. The van der Waals surface area contributed by atoms with E-state index in [4.69, 9.17) is 4.74 Å². The van der Waals surface area contributed by atoms with Gasteiger partial charge < -0.3 is 10.1 Å². The van der Waals surface area contributed by atoms with Gasteiger partial charge in [0.15, 0.2) is 0 Å². The van der Waals surface area contributed by atoms with Crippen molar-refractivity contribution in [2.45, 2.75) is 32.2 Å². The molecule has 1 aliphatic heterocycles. The Bertz CT molecular complexity index is 309. The van der Waals surface area contributed by atoms with Crippen molar-refractivity contribution in [2.24, 2.45) is 5.92 Å². The second-order valence-electron chi connectivity index (χ2n) is 4.64. The second-order valence-corrected chi connectivity index (χ2v) is 4.64. The van der Waals surface area contributed by atoms with E-state index in [2.05, 4.69) is 29.4 Å². The molecule has 2 rings (SSSR count). The maximum Gasteiger partial charge on any atom is 0.0469 e. The van der Waals surface area contributed by atoms with Crippen molar-refractivity contribution in [1.82, 2.24) is 10.3 Å². The molecule has 1 fully saturated rings. The van der Waals surface area contributed by atoms with E-state index >= 15 is 0 Å². The van der Waals surface area contributed by atoms with Crippen LogP contribution in [-0.2, 0) is 11.2 Å². The number of ether oxygens (including phenoxy) is 1. The molecule has 0 aliphatic carbocycles. The van der Waals surface area contributed by atoms with Gasteiger partial charge in [-0.3, -0.25) is 4.98 Å². The minimum atomic E-state index is 0.541. The zero-order valence-corrected chi connectivity index (χ0v) is 10.6. The molecule has 1 unspecified atom stereocenters. The van der Waals surface area contributed by atoms with Gasteiger partial charge in [0.05, 0.1) is 0 Å². The monoisotopic (exact) mass is 234 g/mol. The maximum atomic E-state index is 5.43. The Morgan fingerprint density at radius 3 is 2.88 bits per heavy atom. The predicted octanol–water partition coefficient (Wildman–Crippen LogP) is 2.03. The molecule has 1 N–H and O–H groups in total. The van der Waals surface area contributed by atoms with Crippen LogP contribution in [0.3, 0.4) is 0 Å². The third-order valence-electron chi connectivity index (χ3n) is 3.46. The number of nitrogens with one attached hydrogen (secondary N) is 1. The van der Waals surface area contributed by atoms with Crippen molar-refractivity contribution in [2.75, 3.05) is 19.8 Å². The van der Waals surface area contributed by atoms with Crippen LogP contribution in [0.2, 0.25) is 0 Å². The van der Waals surface area contributed by atoms with Crippen LogP contribution in [0.25, 0.3) is 0 Å². The first kappa shape index (κ1) is 12.5. The van der Waals surface area contributed by atoms with Gasteiger partial charge in [0, 0.05) is 37.6 Å². The number of pyridine rings is 1. The highest BCUT2D eigenvalue weighted by Crippen LogP contribution is 2.21. The van der Waals surface area contributed by atoms with E-state index in [0.29, 0.717) is 6.04 Å². The number of hydrogen-bond donors (Lipinski definition) is 1. The van der Waals surface area contributed by atoms with Gasteiger partial charge in [-0.1, -0.05) is 13.0 Å². The molecule has 1 aromatic heterocycles. The van der Waals surface area contributed by atoms with E-state index in [1.54, 1.807) is 0 Å². The number of nitrogens with zero attached hydrogens (tertiary/aromatic N) is 1. The summed E-state index contributed by atoms with van der Waals surface area (Å²) in [5.41, 5.74) is 1.19. The lowest BCUT2D eigenvalue weighted by Gasteiger charge is -2.30. The highest BCUT2D eigenvalue weighted by molar-refractivity contribution is 5.06. The van der Waals surface area contributed by atoms with Gasteiger partial charge in [0.1, 0.15) is 0 Å². The van der Waals surface area contributed by atoms with Gasteiger partial charge in [0.25, 0.3) is 0 Å². The molecule has 0 saturated carbocycles. The summed E-state index contributed by atoms with van der Waals surface area (Å²) >= 11 is 0. The first-order chi connectivity index (χ1) is 8.40. The largest absolute Gasteiger partial charge is 0.381 e. The van der Waals surface area contributed by atoms with Crippen molar-refractivity contribution in [3.63, 3.8) is 0 Å². The summed E-state index contributed by atoms with van der Waals surface area (Å²) in [5, 5.41) is 3.61. The molecule has 1 saturated heterocycles. The predicted molar refractivity (Wildman–Crippen MR) is 68.9 cm³/mol. The van der Waals surface area contributed by atoms with E-state index in [0.717, 1.165) is 32.1 Å². The van der Waals surface area contributed by atoms with Crippen molar-refractivity contribution >= 4 is 0 Å². The Morgan fingerprint density at radius 1 is 1.41 bits per heavy atom. The quantitative estimate of drug-likeness (QED) is 0.846.